The van der Waals surface area contributed by atoms with Crippen molar-refractivity contribution in [2.24, 2.45) is 5.10 Å². The number of ether oxygens (including phenoxy) is 2. The molecule has 9 nitrogen and oxygen atoms in total. The molecule has 0 radical (unpaired) electrons. The van der Waals surface area contributed by atoms with Gasteiger partial charge in [0.05, 0.1) is 34.3 Å². The van der Waals surface area contributed by atoms with Crippen LogP contribution in [0.15, 0.2) is 104 Å². The van der Waals surface area contributed by atoms with Gasteiger partial charge in [-0.2, -0.15) is 9.78 Å². The fourth-order valence-electron chi connectivity index (χ4n) is 4.49. The van der Waals surface area contributed by atoms with E-state index in [9.17, 15) is 9.59 Å². The van der Waals surface area contributed by atoms with Crippen molar-refractivity contribution < 1.29 is 23.8 Å². The molecule has 0 aliphatic carbocycles. The van der Waals surface area contributed by atoms with Gasteiger partial charge >= 0.3 is 5.97 Å². The largest absolute Gasteiger partial charge is 0.493 e. The van der Waals surface area contributed by atoms with Crippen LogP contribution in [0.2, 0.25) is 5.02 Å². The third-order valence-corrected chi connectivity index (χ3v) is 7.43. The number of para-hydroxylation sites is 1. The number of rotatable bonds is 8. The van der Waals surface area contributed by atoms with Crippen molar-refractivity contribution in [3.8, 4) is 23.1 Å². The molecule has 11 heteroatoms. The summed E-state index contributed by atoms with van der Waals surface area (Å²) in [6.45, 7) is 0.187. The molecular formula is C32H21BrClN3O6. The molecule has 0 atom stereocenters. The number of hydrogen-bond donors (Lipinski definition) is 1. The number of halogens is 2. The number of carboxylic acid groups (broad SMARTS) is 1. The van der Waals surface area contributed by atoms with Gasteiger partial charge in [-0.25, -0.2) is 9.78 Å². The summed E-state index contributed by atoms with van der Waals surface area (Å²) >= 11 is 9.70. The summed E-state index contributed by atoms with van der Waals surface area (Å²) in [5, 5.41) is 15.4. The van der Waals surface area contributed by atoms with Gasteiger partial charge in [-0.3, -0.25) is 4.79 Å². The van der Waals surface area contributed by atoms with Crippen LogP contribution in [0, 0.1) is 0 Å². The molecule has 0 unspecified atom stereocenters. The minimum Gasteiger partial charge on any atom is -0.493 e. The molecule has 0 fully saturated rings. The number of hydrogen-bond acceptors (Lipinski definition) is 7. The Balaban J connectivity index is 1.36. The lowest BCUT2D eigenvalue weighted by molar-refractivity contribution is 0.0697. The van der Waals surface area contributed by atoms with Gasteiger partial charge in [0.25, 0.3) is 5.56 Å². The topological polar surface area (TPSA) is 116 Å². The van der Waals surface area contributed by atoms with Gasteiger partial charge in [0.2, 0.25) is 5.82 Å². The van der Waals surface area contributed by atoms with Crippen molar-refractivity contribution in [1.29, 1.82) is 0 Å². The third-order valence-electron chi connectivity index (χ3n) is 6.61. The summed E-state index contributed by atoms with van der Waals surface area (Å²) in [6, 6.07) is 24.0. The Bertz CT molecular complexity index is 2100. The van der Waals surface area contributed by atoms with Gasteiger partial charge in [0, 0.05) is 10.4 Å². The lowest BCUT2D eigenvalue weighted by atomic mass is 10.1. The van der Waals surface area contributed by atoms with Gasteiger partial charge in [-0.1, -0.05) is 35.9 Å². The van der Waals surface area contributed by atoms with Crippen molar-refractivity contribution in [2.75, 3.05) is 7.11 Å². The van der Waals surface area contributed by atoms with E-state index in [1.807, 2.05) is 6.07 Å². The Labute approximate surface area is 257 Å². The summed E-state index contributed by atoms with van der Waals surface area (Å²) in [7, 11) is 1.51. The highest BCUT2D eigenvalue weighted by Crippen LogP contribution is 2.37. The number of carboxylic acids is 1. The minimum atomic E-state index is -0.995. The third kappa shape index (κ3) is 5.75. The van der Waals surface area contributed by atoms with Crippen LogP contribution < -0.4 is 15.0 Å². The lowest BCUT2D eigenvalue weighted by Crippen LogP contribution is -2.20. The van der Waals surface area contributed by atoms with Gasteiger partial charge in [0.1, 0.15) is 12.2 Å². The first-order chi connectivity index (χ1) is 20.8. The molecule has 2 aromatic heterocycles. The fourth-order valence-corrected chi connectivity index (χ4v) is 5.25. The SMILES string of the molecule is COc1cc(C=Nn2c(-c3cc4cc(Cl)ccc4o3)nc3ccccc3c2=O)cc(Br)c1OCc1ccc(C(=O)O)cc1. The second-order valence-corrected chi connectivity index (χ2v) is 10.7. The van der Waals surface area contributed by atoms with Gasteiger partial charge in [-0.05, 0) is 87.7 Å². The zero-order chi connectivity index (χ0) is 30.1. The molecule has 214 valence electrons. The smallest absolute Gasteiger partial charge is 0.335 e. The normalized spacial score (nSPS) is 11.4. The quantitative estimate of drug-likeness (QED) is 0.170. The van der Waals surface area contributed by atoms with E-state index in [1.165, 1.54) is 30.1 Å². The highest BCUT2D eigenvalue weighted by atomic mass is 79.9. The summed E-state index contributed by atoms with van der Waals surface area (Å²) in [6.07, 6.45) is 1.52. The van der Waals surface area contributed by atoms with E-state index in [1.54, 1.807) is 66.7 Å². The first kappa shape index (κ1) is 28.2. The molecule has 43 heavy (non-hydrogen) atoms. The second-order valence-electron chi connectivity index (χ2n) is 9.43. The standard InChI is InChI=1S/C32H21BrClN3O6/c1-41-27-13-19(12-24(33)29(27)42-17-18-6-8-20(9-7-18)32(39)40)16-35-37-30(36-25-5-3-2-4-23(25)31(37)38)28-15-21-14-22(34)10-11-26(21)43-28/h2-16H,17H2,1H3,(H,39,40). The summed E-state index contributed by atoms with van der Waals surface area (Å²) in [4.78, 5) is 29.4. The number of fused-ring (bicyclic) bond motifs is 2. The maximum atomic E-state index is 13.6. The van der Waals surface area contributed by atoms with Crippen molar-refractivity contribution in [2.45, 2.75) is 6.61 Å². The van der Waals surface area contributed by atoms with E-state index in [-0.39, 0.29) is 23.6 Å². The van der Waals surface area contributed by atoms with Crippen LogP contribution in [0.1, 0.15) is 21.5 Å². The van der Waals surface area contributed by atoms with Crippen LogP contribution >= 0.6 is 27.5 Å². The Hall–Kier alpha value is -4.93. The molecule has 0 saturated carbocycles. The van der Waals surface area contributed by atoms with E-state index in [4.69, 9.17) is 35.6 Å². The number of aromatic nitrogens is 2. The van der Waals surface area contributed by atoms with E-state index < -0.39 is 5.97 Å². The van der Waals surface area contributed by atoms with Crippen LogP contribution in [0.3, 0.4) is 0 Å². The minimum absolute atomic E-state index is 0.187. The molecule has 4 aromatic carbocycles. The molecule has 6 aromatic rings. The van der Waals surface area contributed by atoms with E-state index >= 15 is 0 Å². The highest BCUT2D eigenvalue weighted by molar-refractivity contribution is 9.10. The first-order valence-corrected chi connectivity index (χ1v) is 14.1. The average Bonchev–Trinajstić information content (AvgIpc) is 3.43. The zero-order valence-corrected chi connectivity index (χ0v) is 24.8. The number of methoxy groups -OCH3 is 1. The number of furan rings is 1. The molecule has 0 aliphatic heterocycles. The highest BCUT2D eigenvalue weighted by Gasteiger charge is 2.17. The van der Waals surface area contributed by atoms with Gasteiger partial charge < -0.3 is 19.0 Å². The van der Waals surface area contributed by atoms with Crippen molar-refractivity contribution in [3.63, 3.8) is 0 Å². The van der Waals surface area contributed by atoms with E-state index in [0.29, 0.717) is 48.8 Å². The number of carbonyl (C=O) groups is 1. The van der Waals surface area contributed by atoms with Crippen LogP contribution in [-0.2, 0) is 6.61 Å². The van der Waals surface area contributed by atoms with Crippen LogP contribution in [-0.4, -0.2) is 34.1 Å². The predicted molar refractivity (Wildman–Crippen MR) is 168 cm³/mol. The Kier molecular flexibility index (Phi) is 7.71. The van der Waals surface area contributed by atoms with E-state index in [2.05, 4.69) is 21.0 Å². The lowest BCUT2D eigenvalue weighted by Gasteiger charge is -2.14. The van der Waals surface area contributed by atoms with Crippen LogP contribution in [0.5, 0.6) is 11.5 Å². The van der Waals surface area contributed by atoms with Crippen LogP contribution in [0.25, 0.3) is 33.5 Å². The monoisotopic (exact) mass is 657 g/mol. The van der Waals surface area contributed by atoms with Crippen molar-refractivity contribution >= 4 is 61.6 Å². The second kappa shape index (κ2) is 11.7. The molecule has 6 rings (SSSR count). The number of aromatic carboxylic acids is 1. The maximum absolute atomic E-state index is 13.6. The Morgan fingerprint density at radius 2 is 1.88 bits per heavy atom. The average molecular weight is 659 g/mol. The zero-order valence-electron chi connectivity index (χ0n) is 22.5. The van der Waals surface area contributed by atoms with Gasteiger partial charge in [-0.15, -0.1) is 0 Å². The molecule has 1 N–H and O–H groups in total. The maximum Gasteiger partial charge on any atom is 0.335 e. The number of nitrogens with zero attached hydrogens (tertiary/aromatic N) is 3. The van der Waals surface area contributed by atoms with E-state index in [0.717, 1.165) is 10.9 Å². The predicted octanol–water partition coefficient (Wildman–Crippen LogP) is 7.39. The molecule has 0 saturated heterocycles. The van der Waals surface area contributed by atoms with Crippen molar-refractivity contribution in [1.82, 2.24) is 9.66 Å². The Morgan fingerprint density at radius 1 is 1.09 bits per heavy atom. The molecule has 0 spiro atoms. The molecular weight excluding hydrogens is 638 g/mol. The first-order valence-electron chi connectivity index (χ1n) is 12.9. The van der Waals surface area contributed by atoms with Crippen LogP contribution in [0.4, 0.5) is 0 Å². The molecule has 0 bridgehead atoms. The fraction of sp³-hybridized carbons (Fsp3) is 0.0625. The Morgan fingerprint density at radius 3 is 2.65 bits per heavy atom. The number of benzene rings is 4. The molecule has 0 aliphatic rings. The summed E-state index contributed by atoms with van der Waals surface area (Å²) in [5.41, 5.74) is 2.34. The van der Waals surface area contributed by atoms with Gasteiger partial charge in [0.15, 0.2) is 17.3 Å². The summed E-state index contributed by atoms with van der Waals surface area (Å²) < 4.78 is 19.4. The molecule has 0 amide bonds. The molecule has 2 heterocycles. The van der Waals surface area contributed by atoms with Crippen molar-refractivity contribution in [3.05, 3.63) is 121 Å². The summed E-state index contributed by atoms with van der Waals surface area (Å²) in [5.74, 6) is 0.471.